The van der Waals surface area contributed by atoms with Crippen LogP contribution >= 0.6 is 0 Å². The number of aromatic hydroxyl groups is 1. The fourth-order valence-corrected chi connectivity index (χ4v) is 3.44. The van der Waals surface area contributed by atoms with Crippen LogP contribution in [0.2, 0.25) is 0 Å². The summed E-state index contributed by atoms with van der Waals surface area (Å²) in [6.45, 7) is 2.89. The van der Waals surface area contributed by atoms with Crippen molar-refractivity contribution in [3.8, 4) is 17.0 Å². The Morgan fingerprint density at radius 1 is 1.29 bits per heavy atom. The summed E-state index contributed by atoms with van der Waals surface area (Å²) in [4.78, 5) is 4.46. The van der Waals surface area contributed by atoms with Gasteiger partial charge < -0.3 is 14.6 Å². The lowest BCUT2D eigenvalue weighted by molar-refractivity contribution is -0.137. The second-order valence-corrected chi connectivity index (χ2v) is 7.02. The second-order valence-electron chi connectivity index (χ2n) is 7.02. The van der Waals surface area contributed by atoms with Crippen molar-refractivity contribution in [3.05, 3.63) is 41.6 Å². The van der Waals surface area contributed by atoms with E-state index >= 15 is 0 Å². The van der Waals surface area contributed by atoms with Crippen LogP contribution in [0, 0.1) is 6.92 Å². The summed E-state index contributed by atoms with van der Waals surface area (Å²) < 4.78 is 51.2. The van der Waals surface area contributed by atoms with Crippen molar-refractivity contribution in [2.75, 3.05) is 26.9 Å². The quantitative estimate of drug-likeness (QED) is 0.735. The number of aryl methyl sites for hydroxylation is 1. The highest BCUT2D eigenvalue weighted by atomic mass is 19.4. The third kappa shape index (κ3) is 3.00. The predicted molar refractivity (Wildman–Crippen MR) is 95.0 cm³/mol. The third-order valence-electron chi connectivity index (χ3n) is 4.91. The maximum Gasteiger partial charge on any atom is 0.416 e. The van der Waals surface area contributed by atoms with Crippen LogP contribution in [0.5, 0.6) is 5.75 Å². The van der Waals surface area contributed by atoms with Gasteiger partial charge in [0.05, 0.1) is 31.1 Å². The summed E-state index contributed by atoms with van der Waals surface area (Å²) in [5.41, 5.74) is 0.0286. The average molecular weight is 393 g/mol. The van der Waals surface area contributed by atoms with Crippen molar-refractivity contribution >= 4 is 11.0 Å². The van der Waals surface area contributed by atoms with Crippen molar-refractivity contribution in [1.29, 1.82) is 0 Å². The van der Waals surface area contributed by atoms with Gasteiger partial charge in [0.2, 0.25) is 0 Å². The Hall–Kier alpha value is -2.65. The van der Waals surface area contributed by atoms with Gasteiger partial charge in [-0.1, -0.05) is 0 Å². The normalized spacial score (nSPS) is 16.3. The number of hydrogen-bond acceptors (Lipinski definition) is 5. The summed E-state index contributed by atoms with van der Waals surface area (Å²) in [5, 5.41) is 15.5. The first-order valence-corrected chi connectivity index (χ1v) is 8.58. The van der Waals surface area contributed by atoms with Crippen molar-refractivity contribution in [3.63, 3.8) is 0 Å². The topological polar surface area (TPSA) is 69.4 Å². The molecule has 0 spiro atoms. The number of hydrogen-bond donors (Lipinski definition) is 1. The van der Waals surface area contributed by atoms with E-state index < -0.39 is 17.5 Å². The number of rotatable bonds is 4. The smallest absolute Gasteiger partial charge is 0.416 e. The number of pyridine rings is 1. The molecule has 6 nitrogen and oxygen atoms in total. The summed E-state index contributed by atoms with van der Waals surface area (Å²) in [7, 11) is 1.61. The van der Waals surface area contributed by atoms with Crippen molar-refractivity contribution in [1.82, 2.24) is 14.8 Å². The maximum atomic E-state index is 12.9. The Bertz CT molecular complexity index is 1020. The highest BCUT2D eigenvalue weighted by Crippen LogP contribution is 2.39. The van der Waals surface area contributed by atoms with Crippen molar-refractivity contribution < 1.29 is 27.8 Å². The molecule has 3 heterocycles. The minimum absolute atomic E-state index is 0.253. The molecule has 4 rings (SSSR count). The van der Waals surface area contributed by atoms with Gasteiger partial charge in [-0.3, -0.25) is 4.68 Å². The fraction of sp³-hybridized carbons (Fsp3) is 0.368. The molecule has 28 heavy (non-hydrogen) atoms. The molecule has 0 amide bonds. The van der Waals surface area contributed by atoms with Gasteiger partial charge in [0.25, 0.3) is 0 Å². The van der Waals surface area contributed by atoms with Gasteiger partial charge in [-0.25, -0.2) is 4.98 Å². The van der Waals surface area contributed by atoms with Gasteiger partial charge in [-0.2, -0.15) is 18.3 Å². The van der Waals surface area contributed by atoms with E-state index in [2.05, 4.69) is 10.1 Å². The van der Waals surface area contributed by atoms with Gasteiger partial charge in [0.1, 0.15) is 11.3 Å². The second kappa shape index (κ2) is 6.46. The zero-order chi connectivity index (χ0) is 20.1. The summed E-state index contributed by atoms with van der Waals surface area (Å²) in [5.74, 6) is -0.471. The van der Waals surface area contributed by atoms with Gasteiger partial charge in [-0.05, 0) is 36.8 Å². The molecule has 0 radical (unpaired) electrons. The van der Waals surface area contributed by atoms with Crippen LogP contribution in [0.25, 0.3) is 22.3 Å². The SMILES string of the molecule is COCC1(n2cc3ccc(-c4c(C)cc(C(F)(F)F)cc4O)nc3n2)COC1. The Kier molecular flexibility index (Phi) is 4.31. The Morgan fingerprint density at radius 3 is 2.61 bits per heavy atom. The number of halogens is 3. The van der Waals surface area contributed by atoms with Crippen LogP contribution in [0.3, 0.4) is 0 Å². The van der Waals surface area contributed by atoms with Gasteiger partial charge in [0, 0.05) is 24.3 Å². The fourth-order valence-electron chi connectivity index (χ4n) is 3.44. The molecular weight excluding hydrogens is 375 g/mol. The van der Waals surface area contributed by atoms with E-state index in [1.54, 1.807) is 23.9 Å². The van der Waals surface area contributed by atoms with E-state index in [0.29, 0.717) is 37.2 Å². The number of ether oxygens (including phenoxy) is 2. The maximum absolute atomic E-state index is 12.9. The Balaban J connectivity index is 1.77. The molecule has 148 valence electrons. The molecule has 0 unspecified atom stereocenters. The van der Waals surface area contributed by atoms with E-state index in [0.717, 1.165) is 11.5 Å². The minimum Gasteiger partial charge on any atom is -0.507 e. The standard InChI is InChI=1S/C19H18F3N3O3/c1-11-5-13(19(20,21)22)6-15(26)16(11)14-4-3-12-7-25(24-17(12)23-14)18(8-27-2)9-28-10-18/h3-7,26H,8-10H2,1-2H3. The minimum atomic E-state index is -4.53. The predicted octanol–water partition coefficient (Wildman–Crippen LogP) is 3.50. The third-order valence-corrected chi connectivity index (χ3v) is 4.91. The van der Waals surface area contributed by atoms with E-state index in [-0.39, 0.29) is 16.7 Å². The number of phenolic OH excluding ortho intramolecular Hbond substituents is 1. The zero-order valence-corrected chi connectivity index (χ0v) is 15.2. The van der Waals surface area contributed by atoms with Crippen LogP contribution in [0.4, 0.5) is 13.2 Å². The lowest BCUT2D eigenvalue weighted by Crippen LogP contribution is -2.55. The molecular formula is C19H18F3N3O3. The first-order valence-electron chi connectivity index (χ1n) is 8.58. The van der Waals surface area contributed by atoms with Crippen LogP contribution in [0.15, 0.2) is 30.5 Å². The number of aromatic nitrogens is 3. The largest absolute Gasteiger partial charge is 0.507 e. The lowest BCUT2D eigenvalue weighted by Gasteiger charge is -2.40. The molecule has 1 N–H and O–H groups in total. The van der Waals surface area contributed by atoms with Crippen molar-refractivity contribution in [2.24, 2.45) is 0 Å². The molecule has 2 aromatic heterocycles. The van der Waals surface area contributed by atoms with E-state index in [9.17, 15) is 18.3 Å². The molecule has 1 aliphatic rings. The lowest BCUT2D eigenvalue weighted by atomic mass is 9.99. The number of alkyl halides is 3. The number of fused-ring (bicyclic) bond motifs is 1. The highest BCUT2D eigenvalue weighted by molar-refractivity contribution is 5.80. The molecule has 1 saturated heterocycles. The molecule has 1 fully saturated rings. The number of phenols is 1. The number of nitrogens with zero attached hydrogens (tertiary/aromatic N) is 3. The molecule has 0 bridgehead atoms. The average Bonchev–Trinajstić information content (AvgIpc) is 3.00. The van der Waals surface area contributed by atoms with E-state index in [1.807, 2.05) is 6.20 Å². The first-order chi connectivity index (χ1) is 13.2. The summed E-state index contributed by atoms with van der Waals surface area (Å²) in [6.07, 6.45) is -2.69. The molecule has 0 aliphatic carbocycles. The van der Waals surface area contributed by atoms with E-state index in [4.69, 9.17) is 9.47 Å². The van der Waals surface area contributed by atoms with Crippen molar-refractivity contribution in [2.45, 2.75) is 18.6 Å². The molecule has 0 saturated carbocycles. The molecule has 1 aliphatic heterocycles. The highest BCUT2D eigenvalue weighted by Gasteiger charge is 2.42. The van der Waals surface area contributed by atoms with Crippen LogP contribution in [0.1, 0.15) is 11.1 Å². The van der Waals surface area contributed by atoms with Gasteiger partial charge in [-0.15, -0.1) is 0 Å². The number of benzene rings is 1. The van der Waals surface area contributed by atoms with Gasteiger partial charge >= 0.3 is 6.18 Å². The van der Waals surface area contributed by atoms with Crippen LogP contribution < -0.4 is 0 Å². The first kappa shape index (κ1) is 18.7. The monoisotopic (exact) mass is 393 g/mol. The molecule has 3 aromatic rings. The zero-order valence-electron chi connectivity index (χ0n) is 15.2. The summed E-state index contributed by atoms with van der Waals surface area (Å²) in [6, 6.07) is 5.15. The Morgan fingerprint density at radius 2 is 2.04 bits per heavy atom. The molecule has 9 heteroatoms. The summed E-state index contributed by atoms with van der Waals surface area (Å²) >= 11 is 0. The van der Waals surface area contributed by atoms with Gasteiger partial charge in [0.15, 0.2) is 5.65 Å². The van der Waals surface area contributed by atoms with E-state index in [1.165, 1.54) is 6.92 Å². The Labute approximate surface area is 158 Å². The molecule has 0 atom stereocenters. The van der Waals surface area contributed by atoms with Crippen LogP contribution in [-0.4, -0.2) is 46.8 Å². The van der Waals surface area contributed by atoms with Crippen LogP contribution in [-0.2, 0) is 21.2 Å². The number of methoxy groups -OCH3 is 1. The molecule has 1 aromatic carbocycles.